The van der Waals surface area contributed by atoms with E-state index in [1.165, 1.54) is 61.4 Å². The average molecular weight is 281 g/mol. The molecular weight excluding hydrogens is 254 g/mol. The third-order valence-electron chi connectivity index (χ3n) is 4.98. The zero-order chi connectivity index (χ0) is 14.5. The van der Waals surface area contributed by atoms with Crippen molar-refractivity contribution in [2.45, 2.75) is 51.5 Å². The molecule has 0 spiro atoms. The van der Waals surface area contributed by atoms with Crippen LogP contribution in [0.3, 0.4) is 0 Å². The predicted octanol–water partition coefficient (Wildman–Crippen LogP) is 5.46. The van der Waals surface area contributed by atoms with E-state index in [1.807, 2.05) is 0 Å². The molecule has 0 aliphatic heterocycles. The SMILES string of the molecule is CC(NCC1CCCCCC1)c1cccc2ccccc12. The summed E-state index contributed by atoms with van der Waals surface area (Å²) in [5.74, 6) is 0.880. The first-order valence-corrected chi connectivity index (χ1v) is 8.55. The Morgan fingerprint density at radius 3 is 2.48 bits per heavy atom. The molecular formula is C20H27N. The normalized spacial score (nSPS) is 18.5. The first kappa shape index (κ1) is 14.6. The molecule has 0 radical (unpaired) electrons. The number of hydrogen-bond acceptors (Lipinski definition) is 1. The Hall–Kier alpha value is -1.34. The second-order valence-electron chi connectivity index (χ2n) is 6.56. The van der Waals surface area contributed by atoms with E-state index in [1.54, 1.807) is 0 Å². The molecule has 0 saturated heterocycles. The van der Waals surface area contributed by atoms with E-state index < -0.39 is 0 Å². The van der Waals surface area contributed by atoms with E-state index in [9.17, 15) is 0 Å². The summed E-state index contributed by atoms with van der Waals surface area (Å²) >= 11 is 0. The molecule has 2 aromatic rings. The highest BCUT2D eigenvalue weighted by Crippen LogP contribution is 2.26. The predicted molar refractivity (Wildman–Crippen MR) is 91.6 cm³/mol. The van der Waals surface area contributed by atoms with Crippen molar-refractivity contribution in [2.75, 3.05) is 6.54 Å². The Bertz CT molecular complexity index is 562. The molecule has 3 rings (SSSR count). The van der Waals surface area contributed by atoms with Crippen LogP contribution in [0.2, 0.25) is 0 Å². The standard InChI is InChI=1S/C20H27N/c1-16(21-15-17-9-4-2-3-5-10-17)19-14-8-12-18-11-6-7-13-20(18)19/h6-8,11-14,16-17,21H,2-5,9-10,15H2,1H3. The summed E-state index contributed by atoms with van der Waals surface area (Å²) in [6.07, 6.45) is 8.55. The van der Waals surface area contributed by atoms with Gasteiger partial charge in [0.2, 0.25) is 0 Å². The van der Waals surface area contributed by atoms with Crippen molar-refractivity contribution in [1.82, 2.24) is 5.32 Å². The van der Waals surface area contributed by atoms with Crippen LogP contribution in [0.5, 0.6) is 0 Å². The monoisotopic (exact) mass is 281 g/mol. The fraction of sp³-hybridized carbons (Fsp3) is 0.500. The van der Waals surface area contributed by atoms with Gasteiger partial charge in [-0.2, -0.15) is 0 Å². The average Bonchev–Trinajstić information content (AvgIpc) is 2.81. The van der Waals surface area contributed by atoms with Gasteiger partial charge in [-0.3, -0.25) is 0 Å². The summed E-state index contributed by atoms with van der Waals surface area (Å²) in [6, 6.07) is 15.8. The van der Waals surface area contributed by atoms with E-state index in [-0.39, 0.29) is 0 Å². The summed E-state index contributed by atoms with van der Waals surface area (Å²) in [4.78, 5) is 0. The van der Waals surface area contributed by atoms with E-state index in [0.29, 0.717) is 6.04 Å². The number of hydrogen-bond donors (Lipinski definition) is 1. The molecule has 1 unspecified atom stereocenters. The van der Waals surface area contributed by atoms with Gasteiger partial charge in [0.25, 0.3) is 0 Å². The van der Waals surface area contributed by atoms with Crippen LogP contribution >= 0.6 is 0 Å². The molecule has 1 heteroatoms. The number of benzene rings is 2. The largest absolute Gasteiger partial charge is 0.310 e. The lowest BCUT2D eigenvalue weighted by Crippen LogP contribution is -2.25. The smallest absolute Gasteiger partial charge is 0.0298 e. The molecule has 1 fully saturated rings. The van der Waals surface area contributed by atoms with Crippen molar-refractivity contribution in [3.05, 3.63) is 48.0 Å². The highest BCUT2D eigenvalue weighted by molar-refractivity contribution is 5.86. The summed E-state index contributed by atoms with van der Waals surface area (Å²) in [5, 5.41) is 6.52. The lowest BCUT2D eigenvalue weighted by Gasteiger charge is -2.21. The van der Waals surface area contributed by atoms with Crippen LogP contribution in [0.1, 0.15) is 57.1 Å². The summed E-state index contributed by atoms with van der Waals surface area (Å²) < 4.78 is 0. The molecule has 1 saturated carbocycles. The molecule has 21 heavy (non-hydrogen) atoms. The first-order chi connectivity index (χ1) is 10.3. The molecule has 0 bridgehead atoms. The zero-order valence-corrected chi connectivity index (χ0v) is 13.1. The second-order valence-corrected chi connectivity index (χ2v) is 6.56. The van der Waals surface area contributed by atoms with Crippen molar-refractivity contribution >= 4 is 10.8 Å². The lowest BCUT2D eigenvalue weighted by atomic mass is 9.97. The lowest BCUT2D eigenvalue weighted by molar-refractivity contribution is 0.403. The third kappa shape index (κ3) is 3.65. The van der Waals surface area contributed by atoms with E-state index in [0.717, 1.165) is 5.92 Å². The molecule has 2 aromatic carbocycles. The molecule has 1 aliphatic carbocycles. The van der Waals surface area contributed by atoms with E-state index >= 15 is 0 Å². The van der Waals surface area contributed by atoms with Gasteiger partial charge >= 0.3 is 0 Å². The Morgan fingerprint density at radius 2 is 1.67 bits per heavy atom. The maximum atomic E-state index is 3.79. The topological polar surface area (TPSA) is 12.0 Å². The van der Waals surface area contributed by atoms with Gasteiger partial charge in [-0.1, -0.05) is 68.1 Å². The van der Waals surface area contributed by atoms with Crippen molar-refractivity contribution in [3.63, 3.8) is 0 Å². The van der Waals surface area contributed by atoms with Crippen LogP contribution < -0.4 is 5.32 Å². The van der Waals surface area contributed by atoms with Gasteiger partial charge in [0, 0.05) is 6.04 Å². The molecule has 112 valence electrons. The maximum Gasteiger partial charge on any atom is 0.0298 e. The van der Waals surface area contributed by atoms with Crippen LogP contribution in [0.25, 0.3) is 10.8 Å². The fourth-order valence-electron chi connectivity index (χ4n) is 3.65. The summed E-state index contributed by atoms with van der Waals surface area (Å²) in [7, 11) is 0. The molecule has 1 atom stereocenters. The Kier molecular flexibility index (Phi) is 4.92. The van der Waals surface area contributed by atoms with Crippen molar-refractivity contribution in [3.8, 4) is 0 Å². The number of rotatable bonds is 4. The highest BCUT2D eigenvalue weighted by atomic mass is 14.9. The summed E-state index contributed by atoms with van der Waals surface area (Å²) in [6.45, 7) is 3.48. The fourth-order valence-corrected chi connectivity index (χ4v) is 3.65. The van der Waals surface area contributed by atoms with Gasteiger partial charge in [0.1, 0.15) is 0 Å². The molecule has 1 aliphatic rings. The van der Waals surface area contributed by atoms with Gasteiger partial charge in [0.15, 0.2) is 0 Å². The molecule has 1 nitrogen and oxygen atoms in total. The van der Waals surface area contributed by atoms with Gasteiger partial charge in [-0.15, -0.1) is 0 Å². The second kappa shape index (κ2) is 7.09. The zero-order valence-electron chi connectivity index (χ0n) is 13.1. The number of nitrogens with one attached hydrogen (secondary N) is 1. The quantitative estimate of drug-likeness (QED) is 0.734. The van der Waals surface area contributed by atoms with Crippen molar-refractivity contribution < 1.29 is 0 Å². The van der Waals surface area contributed by atoms with Crippen LogP contribution in [-0.4, -0.2) is 6.54 Å². The van der Waals surface area contributed by atoms with Crippen molar-refractivity contribution in [1.29, 1.82) is 0 Å². The Morgan fingerprint density at radius 1 is 0.952 bits per heavy atom. The van der Waals surface area contributed by atoms with Crippen LogP contribution in [-0.2, 0) is 0 Å². The molecule has 0 aromatic heterocycles. The number of fused-ring (bicyclic) bond motifs is 1. The van der Waals surface area contributed by atoms with Crippen LogP contribution in [0.4, 0.5) is 0 Å². The van der Waals surface area contributed by atoms with E-state index in [4.69, 9.17) is 0 Å². The van der Waals surface area contributed by atoms with Gasteiger partial charge in [0.05, 0.1) is 0 Å². The minimum Gasteiger partial charge on any atom is -0.310 e. The molecule has 0 amide bonds. The highest BCUT2D eigenvalue weighted by Gasteiger charge is 2.14. The Balaban J connectivity index is 1.67. The first-order valence-electron chi connectivity index (χ1n) is 8.55. The molecule has 0 heterocycles. The third-order valence-corrected chi connectivity index (χ3v) is 4.98. The molecule has 1 N–H and O–H groups in total. The van der Waals surface area contributed by atoms with Crippen LogP contribution in [0.15, 0.2) is 42.5 Å². The maximum absolute atomic E-state index is 3.79. The van der Waals surface area contributed by atoms with Gasteiger partial charge < -0.3 is 5.32 Å². The minimum atomic E-state index is 0.430. The summed E-state index contributed by atoms with van der Waals surface area (Å²) in [5.41, 5.74) is 1.43. The minimum absolute atomic E-state index is 0.430. The Labute approximate surface area is 128 Å². The van der Waals surface area contributed by atoms with Gasteiger partial charge in [-0.05, 0) is 48.6 Å². The van der Waals surface area contributed by atoms with E-state index in [2.05, 4.69) is 54.7 Å². The van der Waals surface area contributed by atoms with Crippen LogP contribution in [0, 0.1) is 5.92 Å². The van der Waals surface area contributed by atoms with Crippen molar-refractivity contribution in [2.24, 2.45) is 5.92 Å². The van der Waals surface area contributed by atoms with Gasteiger partial charge in [-0.25, -0.2) is 0 Å².